The van der Waals surface area contributed by atoms with Crippen molar-refractivity contribution in [1.82, 2.24) is 4.98 Å². The third-order valence-electron chi connectivity index (χ3n) is 1.62. The number of rotatable bonds is 2. The standard InChI is InChI=1S/C8H8F3N3/c1-12-14(2)7-5-6(3-4-13-7)8(9,10)11/h3-5H,1H2,2H3. The van der Waals surface area contributed by atoms with Gasteiger partial charge in [-0.15, -0.1) is 0 Å². The van der Waals surface area contributed by atoms with Crippen molar-refractivity contribution in [3.8, 4) is 0 Å². The van der Waals surface area contributed by atoms with Crippen LogP contribution in [0.1, 0.15) is 5.56 Å². The summed E-state index contributed by atoms with van der Waals surface area (Å²) in [5.41, 5.74) is -0.752. The third kappa shape index (κ3) is 2.21. The molecular formula is C8H8F3N3. The summed E-state index contributed by atoms with van der Waals surface area (Å²) in [5, 5.41) is 4.60. The molecule has 0 amide bonds. The molecule has 0 aliphatic heterocycles. The highest BCUT2D eigenvalue weighted by atomic mass is 19.4. The van der Waals surface area contributed by atoms with Crippen molar-refractivity contribution >= 4 is 12.5 Å². The predicted octanol–water partition coefficient (Wildman–Crippen LogP) is 2.15. The minimum atomic E-state index is -4.36. The zero-order chi connectivity index (χ0) is 10.8. The monoisotopic (exact) mass is 203 g/mol. The molecule has 0 N–H and O–H groups in total. The summed E-state index contributed by atoms with van der Waals surface area (Å²) in [7, 11) is 1.47. The largest absolute Gasteiger partial charge is 0.416 e. The number of aromatic nitrogens is 1. The fourth-order valence-electron chi connectivity index (χ4n) is 0.844. The Morgan fingerprint density at radius 3 is 2.64 bits per heavy atom. The molecule has 0 fully saturated rings. The van der Waals surface area contributed by atoms with Crippen molar-refractivity contribution in [3.63, 3.8) is 0 Å². The van der Waals surface area contributed by atoms with Crippen molar-refractivity contribution in [1.29, 1.82) is 0 Å². The summed E-state index contributed by atoms with van der Waals surface area (Å²) in [4.78, 5) is 3.72. The second-order valence-electron chi connectivity index (χ2n) is 2.57. The van der Waals surface area contributed by atoms with E-state index >= 15 is 0 Å². The van der Waals surface area contributed by atoms with Crippen LogP contribution in [0.25, 0.3) is 0 Å². The minimum Gasteiger partial charge on any atom is -0.252 e. The molecule has 6 heteroatoms. The van der Waals surface area contributed by atoms with Gasteiger partial charge in [0, 0.05) is 20.0 Å². The topological polar surface area (TPSA) is 28.5 Å². The lowest BCUT2D eigenvalue weighted by molar-refractivity contribution is -0.137. The van der Waals surface area contributed by atoms with Crippen molar-refractivity contribution in [2.45, 2.75) is 6.18 Å². The maximum absolute atomic E-state index is 12.2. The van der Waals surface area contributed by atoms with Gasteiger partial charge in [-0.1, -0.05) is 0 Å². The quantitative estimate of drug-likeness (QED) is 0.544. The van der Waals surface area contributed by atoms with Crippen LogP contribution in [-0.4, -0.2) is 18.7 Å². The molecule has 0 spiro atoms. The molecule has 14 heavy (non-hydrogen) atoms. The van der Waals surface area contributed by atoms with E-state index in [1.165, 1.54) is 7.05 Å². The van der Waals surface area contributed by atoms with E-state index in [2.05, 4.69) is 16.8 Å². The highest BCUT2D eigenvalue weighted by molar-refractivity contribution is 5.42. The Bertz CT molecular complexity index is 335. The molecule has 3 nitrogen and oxygen atoms in total. The molecule has 0 bridgehead atoms. The first-order valence-corrected chi connectivity index (χ1v) is 3.69. The highest BCUT2D eigenvalue weighted by Gasteiger charge is 2.30. The summed E-state index contributed by atoms with van der Waals surface area (Å²) in [6.45, 7) is 3.18. The molecule has 0 saturated carbocycles. The van der Waals surface area contributed by atoms with Crippen LogP contribution in [0.15, 0.2) is 23.4 Å². The van der Waals surface area contributed by atoms with Crippen molar-refractivity contribution in [2.75, 3.05) is 12.1 Å². The van der Waals surface area contributed by atoms with Gasteiger partial charge in [0.1, 0.15) is 5.82 Å². The number of alkyl halides is 3. The zero-order valence-corrected chi connectivity index (χ0v) is 7.41. The van der Waals surface area contributed by atoms with E-state index in [0.717, 1.165) is 23.3 Å². The maximum atomic E-state index is 12.2. The van der Waals surface area contributed by atoms with Gasteiger partial charge in [0.05, 0.1) is 5.56 Å². The smallest absolute Gasteiger partial charge is 0.252 e. The first kappa shape index (κ1) is 10.5. The van der Waals surface area contributed by atoms with Gasteiger partial charge in [0.15, 0.2) is 0 Å². The molecule has 1 aromatic heterocycles. The third-order valence-corrected chi connectivity index (χ3v) is 1.62. The van der Waals surface area contributed by atoms with Crippen LogP contribution >= 0.6 is 0 Å². The van der Waals surface area contributed by atoms with Crippen LogP contribution in [0.2, 0.25) is 0 Å². The summed E-state index contributed by atoms with van der Waals surface area (Å²) in [6.07, 6.45) is -3.28. The second kappa shape index (κ2) is 3.65. The van der Waals surface area contributed by atoms with Gasteiger partial charge >= 0.3 is 6.18 Å². The normalized spacial score (nSPS) is 11.1. The van der Waals surface area contributed by atoms with E-state index in [0.29, 0.717) is 0 Å². The second-order valence-corrected chi connectivity index (χ2v) is 2.57. The molecule has 1 aromatic rings. The number of hydrazone groups is 1. The lowest BCUT2D eigenvalue weighted by atomic mass is 10.2. The fourth-order valence-corrected chi connectivity index (χ4v) is 0.844. The van der Waals surface area contributed by atoms with Gasteiger partial charge in [-0.3, -0.25) is 5.01 Å². The number of hydrogen-bond acceptors (Lipinski definition) is 3. The predicted molar refractivity (Wildman–Crippen MR) is 47.2 cm³/mol. The average molecular weight is 203 g/mol. The van der Waals surface area contributed by atoms with Crippen LogP contribution in [-0.2, 0) is 6.18 Å². The summed E-state index contributed by atoms with van der Waals surface area (Å²) in [5.74, 6) is 0.106. The number of hydrogen-bond donors (Lipinski definition) is 0. The molecule has 0 unspecified atom stereocenters. The zero-order valence-electron chi connectivity index (χ0n) is 7.41. The molecule has 0 saturated heterocycles. The van der Waals surface area contributed by atoms with Crippen LogP contribution in [0.4, 0.5) is 19.0 Å². The van der Waals surface area contributed by atoms with Gasteiger partial charge < -0.3 is 0 Å². The van der Waals surface area contributed by atoms with E-state index in [1.54, 1.807) is 0 Å². The van der Waals surface area contributed by atoms with E-state index in [4.69, 9.17) is 0 Å². The summed E-state index contributed by atoms with van der Waals surface area (Å²) < 4.78 is 36.7. The SMILES string of the molecule is C=NN(C)c1cc(C(F)(F)F)ccn1. The highest BCUT2D eigenvalue weighted by Crippen LogP contribution is 2.30. The molecule has 1 heterocycles. The minimum absolute atomic E-state index is 0.106. The Labute approximate surface area is 78.9 Å². The molecular weight excluding hydrogens is 195 g/mol. The lowest BCUT2D eigenvalue weighted by Crippen LogP contribution is -2.12. The summed E-state index contributed by atoms with van der Waals surface area (Å²) >= 11 is 0. The van der Waals surface area contributed by atoms with Gasteiger partial charge in [-0.2, -0.15) is 18.3 Å². The van der Waals surface area contributed by atoms with Gasteiger partial charge in [-0.05, 0) is 12.1 Å². The maximum Gasteiger partial charge on any atom is 0.416 e. The van der Waals surface area contributed by atoms with Crippen LogP contribution in [0.3, 0.4) is 0 Å². The van der Waals surface area contributed by atoms with E-state index in [-0.39, 0.29) is 5.82 Å². The molecule has 1 rings (SSSR count). The van der Waals surface area contributed by atoms with E-state index in [1.807, 2.05) is 0 Å². The van der Waals surface area contributed by atoms with Gasteiger partial charge in [0.2, 0.25) is 0 Å². The van der Waals surface area contributed by atoms with Crippen molar-refractivity contribution in [2.24, 2.45) is 5.10 Å². The van der Waals surface area contributed by atoms with E-state index in [9.17, 15) is 13.2 Å². The first-order chi connectivity index (χ1) is 6.45. The lowest BCUT2D eigenvalue weighted by Gasteiger charge is -2.12. The van der Waals surface area contributed by atoms with E-state index < -0.39 is 11.7 Å². The molecule has 0 radical (unpaired) electrons. The Morgan fingerprint density at radius 1 is 1.50 bits per heavy atom. The Kier molecular flexibility index (Phi) is 2.73. The number of pyridine rings is 1. The number of nitrogens with zero attached hydrogens (tertiary/aromatic N) is 3. The fraction of sp³-hybridized carbons (Fsp3) is 0.250. The molecule has 0 aliphatic carbocycles. The molecule has 0 atom stereocenters. The number of halogens is 3. The Morgan fingerprint density at radius 2 is 2.14 bits per heavy atom. The van der Waals surface area contributed by atoms with Gasteiger partial charge in [0.25, 0.3) is 0 Å². The van der Waals surface area contributed by atoms with Crippen molar-refractivity contribution in [3.05, 3.63) is 23.9 Å². The van der Waals surface area contributed by atoms with Gasteiger partial charge in [-0.25, -0.2) is 4.98 Å². The average Bonchev–Trinajstić information content (AvgIpc) is 2.15. The molecule has 0 aliphatic rings. The Balaban J connectivity index is 3.07. The van der Waals surface area contributed by atoms with Crippen molar-refractivity contribution < 1.29 is 13.2 Å². The molecule has 0 aromatic carbocycles. The first-order valence-electron chi connectivity index (χ1n) is 3.69. The number of anilines is 1. The molecule has 76 valence electrons. The van der Waals surface area contributed by atoms with Crippen LogP contribution < -0.4 is 5.01 Å². The van der Waals surface area contributed by atoms with Crippen LogP contribution in [0, 0.1) is 0 Å². The Hall–Kier alpha value is -1.59. The van der Waals surface area contributed by atoms with Crippen LogP contribution in [0.5, 0.6) is 0 Å². The summed E-state index contributed by atoms with van der Waals surface area (Å²) in [6, 6.07) is 1.81.